The molecule has 0 spiro atoms. The van der Waals surface area contributed by atoms with E-state index in [1.54, 1.807) is 26.0 Å². The largest absolute Gasteiger partial charge is 0.294 e. The number of nitrogens with zero attached hydrogens (tertiary/aromatic N) is 2. The van der Waals surface area contributed by atoms with Gasteiger partial charge in [0.2, 0.25) is 5.91 Å². The summed E-state index contributed by atoms with van der Waals surface area (Å²) >= 11 is 0. The van der Waals surface area contributed by atoms with Gasteiger partial charge in [0.05, 0.1) is 10.9 Å². The van der Waals surface area contributed by atoms with Gasteiger partial charge in [-0.15, -0.1) is 0 Å². The Labute approximate surface area is 185 Å². The van der Waals surface area contributed by atoms with E-state index in [2.05, 4.69) is 10.3 Å². The zero-order valence-electron chi connectivity index (χ0n) is 18.4. The molecule has 4 rings (SSSR count). The molecular formula is C25H25N3O4. The van der Waals surface area contributed by atoms with Crippen molar-refractivity contribution in [2.24, 2.45) is 0 Å². The first-order valence-electron chi connectivity index (χ1n) is 10.7. The number of imide groups is 1. The van der Waals surface area contributed by atoms with Gasteiger partial charge in [-0.05, 0) is 51.3 Å². The van der Waals surface area contributed by atoms with Crippen LogP contribution in [0, 0.1) is 13.8 Å². The Bertz CT molecular complexity index is 1310. The van der Waals surface area contributed by atoms with Crippen LogP contribution >= 0.6 is 0 Å². The molecule has 32 heavy (non-hydrogen) atoms. The van der Waals surface area contributed by atoms with Crippen molar-refractivity contribution < 1.29 is 14.4 Å². The summed E-state index contributed by atoms with van der Waals surface area (Å²) in [6, 6.07) is 12.9. The van der Waals surface area contributed by atoms with Crippen LogP contribution in [0.15, 0.2) is 47.3 Å². The zero-order valence-corrected chi connectivity index (χ0v) is 18.4. The van der Waals surface area contributed by atoms with Gasteiger partial charge in [0, 0.05) is 18.4 Å². The number of nitrogens with one attached hydrogen (secondary N) is 1. The molecule has 0 radical (unpaired) electrons. The second kappa shape index (κ2) is 8.15. The first-order valence-corrected chi connectivity index (χ1v) is 10.7. The van der Waals surface area contributed by atoms with Crippen molar-refractivity contribution in [1.82, 2.24) is 14.9 Å². The molecule has 1 N–H and O–H groups in total. The van der Waals surface area contributed by atoms with Crippen LogP contribution in [0.4, 0.5) is 0 Å². The number of carbonyl (C=O) groups is 3. The number of fused-ring (bicyclic) bond motifs is 1. The van der Waals surface area contributed by atoms with Crippen molar-refractivity contribution in [2.45, 2.75) is 52.0 Å². The van der Waals surface area contributed by atoms with E-state index in [-0.39, 0.29) is 30.1 Å². The van der Waals surface area contributed by atoms with Crippen molar-refractivity contribution >= 4 is 28.5 Å². The molecule has 7 nitrogen and oxygen atoms in total. The fourth-order valence-corrected chi connectivity index (χ4v) is 4.23. The van der Waals surface area contributed by atoms with Crippen molar-refractivity contribution in [3.05, 3.63) is 75.3 Å². The number of carbonyl (C=O) groups excluding carboxylic acids is 3. The Morgan fingerprint density at radius 1 is 1.09 bits per heavy atom. The average molecular weight is 431 g/mol. The van der Waals surface area contributed by atoms with Gasteiger partial charge in [0.25, 0.3) is 11.5 Å². The highest BCUT2D eigenvalue weighted by Crippen LogP contribution is 2.27. The highest BCUT2D eigenvalue weighted by Gasteiger charge is 2.42. The lowest BCUT2D eigenvalue weighted by atomic mass is 9.90. The SMILES string of the molecule is Cc1ccc(C(=O)CCc2ccc3nc(C)n([C@@]4(C)CCC(=O)NC4=O)c(=O)c3c2)cc1. The van der Waals surface area contributed by atoms with Crippen LogP contribution in [0.1, 0.15) is 53.5 Å². The standard InChI is InChI=1S/C25H25N3O4/c1-15-4-8-18(9-5-15)21(29)11-7-17-6-10-20-19(14-17)23(31)28(16(2)26-20)25(3)13-12-22(30)27-24(25)32/h4-6,8-10,14H,7,11-13H2,1-3H3,(H,27,30,32)/t25-/m0/s1. The quantitative estimate of drug-likeness (QED) is 0.495. The van der Waals surface area contributed by atoms with Gasteiger partial charge in [-0.2, -0.15) is 0 Å². The number of Topliss-reactive ketones (excluding diaryl/α,β-unsaturated/α-hetero) is 1. The van der Waals surface area contributed by atoms with Crippen LogP contribution < -0.4 is 10.9 Å². The molecule has 1 aromatic heterocycles. The lowest BCUT2D eigenvalue weighted by molar-refractivity contribution is -0.140. The van der Waals surface area contributed by atoms with E-state index in [1.807, 2.05) is 37.3 Å². The Kier molecular flexibility index (Phi) is 5.50. The highest BCUT2D eigenvalue weighted by atomic mass is 16.2. The molecule has 1 aliphatic rings. The number of hydrogen-bond acceptors (Lipinski definition) is 5. The van der Waals surface area contributed by atoms with E-state index in [9.17, 15) is 19.2 Å². The number of aromatic nitrogens is 2. The van der Waals surface area contributed by atoms with Crippen molar-refractivity contribution in [2.75, 3.05) is 0 Å². The van der Waals surface area contributed by atoms with Crippen LogP contribution in [-0.2, 0) is 21.5 Å². The molecule has 1 saturated heterocycles. The van der Waals surface area contributed by atoms with Gasteiger partial charge in [-0.25, -0.2) is 4.98 Å². The maximum Gasteiger partial charge on any atom is 0.262 e. The molecule has 0 saturated carbocycles. The molecule has 1 fully saturated rings. The predicted octanol–water partition coefficient (Wildman–Crippen LogP) is 2.98. The van der Waals surface area contributed by atoms with Gasteiger partial charge in [0.1, 0.15) is 11.4 Å². The normalized spacial score (nSPS) is 18.6. The summed E-state index contributed by atoms with van der Waals surface area (Å²) in [5, 5.41) is 2.72. The monoisotopic (exact) mass is 431 g/mol. The van der Waals surface area contributed by atoms with E-state index in [4.69, 9.17) is 0 Å². The minimum atomic E-state index is -1.19. The highest BCUT2D eigenvalue weighted by molar-refractivity contribution is 6.01. The Morgan fingerprint density at radius 2 is 1.81 bits per heavy atom. The molecule has 164 valence electrons. The summed E-state index contributed by atoms with van der Waals surface area (Å²) in [7, 11) is 0. The zero-order chi connectivity index (χ0) is 23.0. The molecule has 1 atom stereocenters. The van der Waals surface area contributed by atoms with Crippen LogP contribution in [0.2, 0.25) is 0 Å². The predicted molar refractivity (Wildman–Crippen MR) is 121 cm³/mol. The van der Waals surface area contributed by atoms with Crippen molar-refractivity contribution in [1.29, 1.82) is 0 Å². The number of hydrogen-bond donors (Lipinski definition) is 1. The van der Waals surface area contributed by atoms with Crippen molar-refractivity contribution in [3.8, 4) is 0 Å². The molecular weight excluding hydrogens is 406 g/mol. The van der Waals surface area contributed by atoms with Crippen LogP contribution in [0.3, 0.4) is 0 Å². The molecule has 0 aliphatic carbocycles. The molecule has 3 aromatic rings. The number of aryl methyl sites for hydroxylation is 3. The maximum atomic E-state index is 13.4. The summed E-state index contributed by atoms with van der Waals surface area (Å²) < 4.78 is 1.39. The van der Waals surface area contributed by atoms with Crippen LogP contribution in [0.25, 0.3) is 10.9 Å². The first kappa shape index (κ1) is 21.6. The average Bonchev–Trinajstić information content (AvgIpc) is 2.76. The number of ketones is 1. The molecule has 7 heteroatoms. The third-order valence-electron chi connectivity index (χ3n) is 6.19. The Hall–Kier alpha value is -3.61. The van der Waals surface area contributed by atoms with E-state index >= 15 is 0 Å². The number of benzene rings is 2. The Balaban J connectivity index is 1.66. The number of rotatable bonds is 5. The molecule has 1 aliphatic heterocycles. The summed E-state index contributed by atoms with van der Waals surface area (Å²) in [4.78, 5) is 54.7. The summed E-state index contributed by atoms with van der Waals surface area (Å²) in [5.41, 5.74) is 1.63. The third kappa shape index (κ3) is 3.86. The van der Waals surface area contributed by atoms with Gasteiger partial charge < -0.3 is 0 Å². The van der Waals surface area contributed by atoms with E-state index in [0.717, 1.165) is 11.1 Å². The summed E-state index contributed by atoms with van der Waals surface area (Å²) in [6.45, 7) is 5.31. The minimum Gasteiger partial charge on any atom is -0.294 e. The first-order chi connectivity index (χ1) is 15.2. The van der Waals surface area contributed by atoms with Gasteiger partial charge >= 0.3 is 0 Å². The van der Waals surface area contributed by atoms with Gasteiger partial charge in [-0.1, -0.05) is 35.9 Å². The fraction of sp³-hybridized carbons (Fsp3) is 0.320. The lowest BCUT2D eigenvalue weighted by Crippen LogP contribution is -2.56. The number of amides is 2. The van der Waals surface area contributed by atoms with E-state index < -0.39 is 11.4 Å². The van der Waals surface area contributed by atoms with Gasteiger partial charge in [0.15, 0.2) is 5.78 Å². The van der Waals surface area contributed by atoms with Gasteiger partial charge in [-0.3, -0.25) is 29.1 Å². The molecule has 2 amide bonds. The molecule has 0 unspecified atom stereocenters. The van der Waals surface area contributed by atoms with Crippen LogP contribution in [0.5, 0.6) is 0 Å². The van der Waals surface area contributed by atoms with Crippen molar-refractivity contribution in [3.63, 3.8) is 0 Å². The van der Waals surface area contributed by atoms with E-state index in [1.165, 1.54) is 4.57 Å². The minimum absolute atomic E-state index is 0.0422. The smallest absolute Gasteiger partial charge is 0.262 e. The maximum absolute atomic E-state index is 13.4. The second-order valence-electron chi connectivity index (χ2n) is 8.59. The third-order valence-corrected chi connectivity index (χ3v) is 6.19. The molecule has 0 bridgehead atoms. The number of piperidine rings is 1. The molecule has 2 aromatic carbocycles. The topological polar surface area (TPSA) is 98.1 Å². The second-order valence-corrected chi connectivity index (χ2v) is 8.59. The van der Waals surface area contributed by atoms with E-state index in [0.29, 0.717) is 35.1 Å². The summed E-state index contributed by atoms with van der Waals surface area (Å²) in [6.07, 6.45) is 1.20. The molecule has 2 heterocycles. The lowest BCUT2D eigenvalue weighted by Gasteiger charge is -2.34. The van der Waals surface area contributed by atoms with Crippen LogP contribution in [-0.4, -0.2) is 27.1 Å². The fourth-order valence-electron chi connectivity index (χ4n) is 4.23. The summed E-state index contributed by atoms with van der Waals surface area (Å²) in [5.74, 6) is -0.384. The Morgan fingerprint density at radius 3 is 2.50 bits per heavy atom.